The number of hydrogen-bond donors (Lipinski definition) is 0. The average Bonchev–Trinajstić information content (AvgIpc) is 1.51. The Kier molecular flexibility index (Phi) is 16.3. The molecule has 0 spiro atoms. The highest BCUT2D eigenvalue weighted by atomic mass is 15.3. The number of rotatable bonds is 10. The van der Waals surface area contributed by atoms with Crippen LogP contribution < -0.4 is 19.6 Å². The molecule has 126 heavy (non-hydrogen) atoms. The molecule has 0 amide bonds. The van der Waals surface area contributed by atoms with Gasteiger partial charge in [0.05, 0.1) is 22.2 Å². The van der Waals surface area contributed by atoms with Crippen LogP contribution in [0.5, 0.6) is 0 Å². The van der Waals surface area contributed by atoms with Gasteiger partial charge in [-0.15, -0.1) is 0 Å². The Hall–Kier alpha value is -12.0. The van der Waals surface area contributed by atoms with Crippen molar-refractivity contribution in [2.24, 2.45) is 23.7 Å². The molecule has 4 nitrogen and oxygen atoms in total. The van der Waals surface area contributed by atoms with Crippen molar-refractivity contribution in [3.63, 3.8) is 0 Å². The average molecular weight is 1640 g/mol. The topological polar surface area (TPSA) is 13.0 Å². The zero-order chi connectivity index (χ0) is 85.2. The minimum Gasteiger partial charge on any atom is -0.334 e. The second-order valence-electron chi connectivity index (χ2n) is 42.6. The number of para-hydroxylation sites is 4. The fraction of sp³-hybridized carbons (Fsp3) is 0.295. The fourth-order valence-electron chi connectivity index (χ4n) is 29.1. The van der Waals surface area contributed by atoms with E-state index in [0.29, 0.717) is 23.7 Å². The molecule has 4 heteroatoms. The third-order valence-corrected chi connectivity index (χ3v) is 35.9. The van der Waals surface area contributed by atoms with Crippen molar-refractivity contribution >= 4 is 110 Å². The lowest BCUT2D eigenvalue weighted by molar-refractivity contribution is 0.154. The maximum atomic E-state index is 2.76. The third kappa shape index (κ3) is 9.98. The summed E-state index contributed by atoms with van der Waals surface area (Å²) in [6, 6.07) is 120. The van der Waals surface area contributed by atoms with Gasteiger partial charge < -0.3 is 19.6 Å². The van der Waals surface area contributed by atoms with E-state index in [0.717, 1.165) is 51.4 Å². The highest BCUT2D eigenvalue weighted by molar-refractivity contribution is 6.48. The predicted molar refractivity (Wildman–Crippen MR) is 536 cm³/mol. The van der Waals surface area contributed by atoms with Crippen LogP contribution in [0.3, 0.4) is 0 Å². The fourth-order valence-corrected chi connectivity index (χ4v) is 29.1. The van der Waals surface area contributed by atoms with Gasteiger partial charge in [-0.2, -0.15) is 0 Å². The molecular formula is C122H114N4. The smallest absolute Gasteiger partial charge is 0.0520 e. The van der Waals surface area contributed by atoms with E-state index in [9.17, 15) is 0 Å². The van der Waals surface area contributed by atoms with Crippen molar-refractivity contribution < 1.29 is 0 Å². The van der Waals surface area contributed by atoms with Gasteiger partial charge >= 0.3 is 0 Å². The van der Waals surface area contributed by atoms with Gasteiger partial charge in [0, 0.05) is 67.2 Å². The number of benzene rings is 15. The number of anilines is 8. The van der Waals surface area contributed by atoms with Crippen LogP contribution in [0.15, 0.2) is 303 Å². The molecule has 4 aliphatic heterocycles. The first-order valence-electron chi connectivity index (χ1n) is 47.6. The molecule has 17 aromatic carbocycles. The van der Waals surface area contributed by atoms with Crippen LogP contribution in [0.4, 0.5) is 45.5 Å². The van der Waals surface area contributed by atoms with Gasteiger partial charge in [-0.25, -0.2) is 0 Å². The zero-order valence-corrected chi connectivity index (χ0v) is 75.5. The molecule has 4 aliphatic carbocycles. The van der Waals surface area contributed by atoms with Gasteiger partial charge in [0.1, 0.15) is 0 Å². The third-order valence-electron chi connectivity index (χ3n) is 35.9. The maximum Gasteiger partial charge on any atom is 0.0520 e. The molecular weight excluding hydrogens is 1520 g/mol. The SMILES string of the molecule is CC1CCC2(C)c3cc(-c4ccc5c6c(-c7ccccc7)c7c8ccc(-c9ccc%10c(c9)C9(C)CCC(C)CC9(C)N%10c9ccccc9)c9c(-c%10ccc%11c(c%10)C%10(C)CCC(C)CC%10(C)N%11c%10ccccc%10)ccc(c7c(-c7ccccc7)c6c6ccc(-c7ccc%10c(c7)C7(C)CCC(C)CC7(C)N%10c7ccccc7)c4c56)c98)ccc3N(c3ccccc3)C2(C)C1. The van der Waals surface area contributed by atoms with Gasteiger partial charge in [-0.05, 0) is 379 Å². The van der Waals surface area contributed by atoms with Crippen molar-refractivity contribution in [1.82, 2.24) is 0 Å². The summed E-state index contributed by atoms with van der Waals surface area (Å²) in [5.74, 6) is 2.45. The van der Waals surface area contributed by atoms with Crippen LogP contribution in [-0.2, 0) is 21.7 Å². The molecule has 0 aromatic heterocycles. The van der Waals surface area contributed by atoms with E-state index in [1.807, 2.05) is 0 Å². The maximum absolute atomic E-state index is 2.76. The van der Waals surface area contributed by atoms with Gasteiger partial charge in [-0.3, -0.25) is 0 Å². The van der Waals surface area contributed by atoms with Crippen LogP contribution >= 0.6 is 0 Å². The lowest BCUT2D eigenvalue weighted by Crippen LogP contribution is -2.56. The van der Waals surface area contributed by atoms with Crippen LogP contribution in [0.25, 0.3) is 131 Å². The Morgan fingerprint density at radius 2 is 0.429 bits per heavy atom. The molecule has 25 rings (SSSR count). The molecule has 0 radical (unpaired) electrons. The van der Waals surface area contributed by atoms with E-state index in [-0.39, 0.29) is 43.8 Å². The van der Waals surface area contributed by atoms with Crippen LogP contribution in [-0.4, -0.2) is 22.2 Å². The summed E-state index contributed by atoms with van der Waals surface area (Å²) >= 11 is 0. The lowest BCUT2D eigenvalue weighted by Gasteiger charge is -2.52. The van der Waals surface area contributed by atoms with Crippen molar-refractivity contribution in [1.29, 1.82) is 0 Å². The van der Waals surface area contributed by atoms with E-state index in [4.69, 9.17) is 0 Å². The number of fused-ring (bicyclic) bond motifs is 18. The first-order valence-corrected chi connectivity index (χ1v) is 47.6. The summed E-state index contributed by atoms with van der Waals surface area (Å²) in [6.45, 7) is 30.8. The Bertz CT molecular complexity index is 6520. The minimum atomic E-state index is -0.126. The molecule has 0 saturated heterocycles. The van der Waals surface area contributed by atoms with Gasteiger partial charge in [0.25, 0.3) is 0 Å². The predicted octanol–water partition coefficient (Wildman–Crippen LogP) is 33.4. The molecule has 12 atom stereocenters. The van der Waals surface area contributed by atoms with Gasteiger partial charge in [0.15, 0.2) is 0 Å². The molecule has 4 saturated carbocycles. The molecule has 4 heterocycles. The Morgan fingerprint density at radius 3 is 0.651 bits per heavy atom. The summed E-state index contributed by atoms with van der Waals surface area (Å²) in [7, 11) is 0. The van der Waals surface area contributed by atoms with E-state index in [2.05, 4.69) is 406 Å². The summed E-state index contributed by atoms with van der Waals surface area (Å²) in [6.07, 6.45) is 13.9. The van der Waals surface area contributed by atoms with E-state index in [1.54, 1.807) is 0 Å². The normalized spacial score (nSPS) is 27.7. The lowest BCUT2D eigenvalue weighted by atomic mass is 9.59. The van der Waals surface area contributed by atoms with Gasteiger partial charge in [0.2, 0.25) is 0 Å². The highest BCUT2D eigenvalue weighted by Crippen LogP contribution is 2.69. The van der Waals surface area contributed by atoms with Crippen LogP contribution in [0.2, 0.25) is 0 Å². The van der Waals surface area contributed by atoms with Crippen molar-refractivity contribution in [2.45, 2.75) is 204 Å². The minimum absolute atomic E-state index is 0.102. The molecule has 12 unspecified atom stereocenters. The molecule has 622 valence electrons. The van der Waals surface area contributed by atoms with Crippen LogP contribution in [0.1, 0.15) is 182 Å². The van der Waals surface area contributed by atoms with Gasteiger partial charge in [-0.1, -0.05) is 262 Å². The molecule has 17 aromatic rings. The highest BCUT2D eigenvalue weighted by Gasteiger charge is 2.63. The standard InChI is InChI=1S/C122H114N4/c1-75-59-63-115(5)97-67-81(43-55-101(97)123(119(115,9)71-75)85-35-23-15-24-36-85)89-47-51-93-109-94(52-48-90(107(89)109)82-44-56-102-98(68-82)116(6)64-60-76(2)72-120(116,10)124(102)86-37-25-16-26-38-86)112-106(80-33-21-14-22-34-80)114-96-54-50-92(84-46-58-104-100(70-84)118(8)66-62-78(4)74-122(118,12)126(104)88-41-29-18-30-42-88)108-91(49-53-95(110(96)108)113(114)105(111(93)112)79-31-19-13-20-32-79)83-45-57-103-99(69-83)117(7)65-61-77(3)73-121(117,11)125(103)87-39-27-17-28-40-87/h13-58,67-70,75-78H,59-66,71-74H2,1-12H3. The summed E-state index contributed by atoms with van der Waals surface area (Å²) in [5, 5.41) is 15.9. The van der Waals surface area contributed by atoms with Crippen molar-refractivity contribution in [2.75, 3.05) is 19.6 Å². The first-order chi connectivity index (χ1) is 61.1. The number of nitrogens with zero attached hydrogens (tertiary/aromatic N) is 4. The second-order valence-corrected chi connectivity index (χ2v) is 42.6. The Morgan fingerprint density at radius 1 is 0.214 bits per heavy atom. The second kappa shape index (κ2) is 26.8. The number of hydrogen-bond acceptors (Lipinski definition) is 4. The zero-order valence-electron chi connectivity index (χ0n) is 75.5. The summed E-state index contributed by atoms with van der Waals surface area (Å²) in [4.78, 5) is 11.0. The molecule has 4 fully saturated rings. The summed E-state index contributed by atoms with van der Waals surface area (Å²) < 4.78 is 0. The first kappa shape index (κ1) is 76.5. The van der Waals surface area contributed by atoms with E-state index in [1.165, 1.54) is 225 Å². The molecule has 8 aliphatic rings. The van der Waals surface area contributed by atoms with Crippen LogP contribution in [0, 0.1) is 23.7 Å². The van der Waals surface area contributed by atoms with Crippen molar-refractivity contribution in [3.8, 4) is 66.8 Å². The van der Waals surface area contributed by atoms with E-state index >= 15 is 0 Å². The molecule has 0 N–H and O–H groups in total. The monoisotopic (exact) mass is 1630 g/mol. The Balaban J connectivity index is 0.793. The largest absolute Gasteiger partial charge is 0.334 e. The van der Waals surface area contributed by atoms with Crippen molar-refractivity contribution in [3.05, 3.63) is 326 Å². The summed E-state index contributed by atoms with van der Waals surface area (Å²) in [5.41, 5.74) is 30.9. The molecule has 0 bridgehead atoms. The Labute approximate surface area is 744 Å². The van der Waals surface area contributed by atoms with E-state index < -0.39 is 0 Å². The quantitative estimate of drug-likeness (QED) is 0.135.